The number of fused-ring (bicyclic) bond motifs is 1. The fraction of sp³-hybridized carbons (Fsp3) is 0.565. The number of nitrogens with one attached hydrogen (secondary N) is 2. The molecular formula is C23H29N3O7. The van der Waals surface area contributed by atoms with E-state index in [1.165, 1.54) is 4.90 Å². The summed E-state index contributed by atoms with van der Waals surface area (Å²) in [6.07, 6.45) is 0.242. The second-order valence-electron chi connectivity index (χ2n) is 9.49. The van der Waals surface area contributed by atoms with Gasteiger partial charge in [0, 0.05) is 24.9 Å². The molecule has 1 aromatic carbocycles. The second kappa shape index (κ2) is 9.01. The van der Waals surface area contributed by atoms with Crippen LogP contribution in [0.3, 0.4) is 0 Å². The van der Waals surface area contributed by atoms with Crippen LogP contribution in [0, 0.1) is 0 Å². The molecule has 33 heavy (non-hydrogen) atoms. The Balaban J connectivity index is 1.43. The lowest BCUT2D eigenvalue weighted by Crippen LogP contribution is -2.52. The molecule has 10 heteroatoms. The number of imide groups is 1. The quantitative estimate of drug-likeness (QED) is 0.654. The summed E-state index contributed by atoms with van der Waals surface area (Å²) in [7, 11) is 0. The molecule has 0 saturated carbocycles. The highest BCUT2D eigenvalue weighted by Gasteiger charge is 2.39. The molecule has 4 amide bonds. The first-order valence-electron chi connectivity index (χ1n) is 11.1. The molecule has 3 aliphatic heterocycles. The van der Waals surface area contributed by atoms with Gasteiger partial charge in [-0.15, -0.1) is 0 Å². The summed E-state index contributed by atoms with van der Waals surface area (Å²) < 4.78 is 17.0. The molecule has 178 valence electrons. The Morgan fingerprint density at radius 1 is 1.21 bits per heavy atom. The van der Waals surface area contributed by atoms with Crippen molar-refractivity contribution in [2.75, 3.05) is 13.2 Å². The van der Waals surface area contributed by atoms with Gasteiger partial charge in [-0.2, -0.15) is 0 Å². The third-order valence-corrected chi connectivity index (χ3v) is 5.78. The highest BCUT2D eigenvalue weighted by molar-refractivity contribution is 6.05. The van der Waals surface area contributed by atoms with Crippen LogP contribution in [0.5, 0.6) is 5.75 Å². The standard InChI is InChI=1S/C23H29N3O7/c1-23(2,3)33-22(30)24-16-12-31-9-8-18(16)32-14-4-5-15-13(10-14)11-26(21(15)29)17-6-7-19(27)25-20(17)28/h4-5,10,16-18H,6-9,11-12H2,1-3H3,(H,24,30)(H,25,27,28)/t16-,17?,18-/m0/s1. The van der Waals surface area contributed by atoms with Crippen LogP contribution in [0.4, 0.5) is 4.79 Å². The molecule has 3 aliphatic rings. The molecule has 1 aromatic rings. The lowest BCUT2D eigenvalue weighted by Gasteiger charge is -2.33. The van der Waals surface area contributed by atoms with Crippen molar-refractivity contribution in [1.82, 2.24) is 15.5 Å². The van der Waals surface area contributed by atoms with Crippen molar-refractivity contribution in [2.24, 2.45) is 0 Å². The zero-order valence-corrected chi connectivity index (χ0v) is 19.0. The first-order chi connectivity index (χ1) is 15.6. The van der Waals surface area contributed by atoms with Crippen LogP contribution in [-0.2, 0) is 25.6 Å². The van der Waals surface area contributed by atoms with E-state index in [2.05, 4.69) is 10.6 Å². The molecule has 4 rings (SSSR count). The number of hydrogen-bond acceptors (Lipinski definition) is 7. The van der Waals surface area contributed by atoms with Gasteiger partial charge in [0.25, 0.3) is 5.91 Å². The van der Waals surface area contributed by atoms with Crippen LogP contribution in [-0.4, -0.2) is 65.7 Å². The number of amides is 4. The average Bonchev–Trinajstić information content (AvgIpc) is 3.04. The van der Waals surface area contributed by atoms with Gasteiger partial charge < -0.3 is 24.4 Å². The maximum atomic E-state index is 12.9. The Morgan fingerprint density at radius 3 is 2.73 bits per heavy atom. The molecule has 0 aromatic heterocycles. The SMILES string of the molecule is CC(C)(C)OC(=O)N[C@H]1COCC[C@@H]1Oc1ccc2c(c1)CN(C1CCC(=O)NC1=O)C2=O. The van der Waals surface area contributed by atoms with Gasteiger partial charge in [0.15, 0.2) is 0 Å². The number of hydrogen-bond donors (Lipinski definition) is 2. The topological polar surface area (TPSA) is 123 Å². The van der Waals surface area contributed by atoms with E-state index in [0.29, 0.717) is 37.4 Å². The summed E-state index contributed by atoms with van der Waals surface area (Å²) >= 11 is 0. The largest absolute Gasteiger partial charge is 0.488 e. The maximum Gasteiger partial charge on any atom is 0.408 e. The molecule has 2 N–H and O–H groups in total. The van der Waals surface area contributed by atoms with E-state index in [1.54, 1.807) is 39.0 Å². The van der Waals surface area contributed by atoms with E-state index in [-0.39, 0.29) is 36.9 Å². The predicted molar refractivity (Wildman–Crippen MR) is 115 cm³/mol. The highest BCUT2D eigenvalue weighted by Crippen LogP contribution is 2.31. The zero-order valence-electron chi connectivity index (χ0n) is 19.0. The fourth-order valence-electron chi connectivity index (χ4n) is 4.25. The van der Waals surface area contributed by atoms with Crippen LogP contribution < -0.4 is 15.4 Å². The molecule has 1 unspecified atom stereocenters. The fourth-order valence-corrected chi connectivity index (χ4v) is 4.25. The van der Waals surface area contributed by atoms with E-state index in [9.17, 15) is 19.2 Å². The van der Waals surface area contributed by atoms with Gasteiger partial charge in [0.05, 0.1) is 19.3 Å². The Labute approximate surface area is 191 Å². The van der Waals surface area contributed by atoms with Gasteiger partial charge in [-0.1, -0.05) is 0 Å². The maximum absolute atomic E-state index is 12.9. The predicted octanol–water partition coefficient (Wildman–Crippen LogP) is 1.51. The minimum atomic E-state index is -0.662. The Morgan fingerprint density at radius 2 is 2.00 bits per heavy atom. The molecule has 0 bridgehead atoms. The molecule has 0 spiro atoms. The number of ether oxygens (including phenoxy) is 3. The summed E-state index contributed by atoms with van der Waals surface area (Å²) in [6, 6.07) is 4.14. The van der Waals surface area contributed by atoms with Crippen molar-refractivity contribution >= 4 is 23.8 Å². The normalized spacial score (nSPS) is 25.4. The monoisotopic (exact) mass is 459 g/mol. The van der Waals surface area contributed by atoms with E-state index in [0.717, 1.165) is 5.56 Å². The van der Waals surface area contributed by atoms with E-state index in [1.807, 2.05) is 0 Å². The highest BCUT2D eigenvalue weighted by atomic mass is 16.6. The average molecular weight is 459 g/mol. The van der Waals surface area contributed by atoms with Gasteiger partial charge in [-0.05, 0) is 51.0 Å². The summed E-state index contributed by atoms with van der Waals surface area (Å²) in [4.78, 5) is 50.2. The number of alkyl carbamates (subject to hydrolysis) is 1. The van der Waals surface area contributed by atoms with Crippen LogP contribution in [0.15, 0.2) is 18.2 Å². The molecule has 0 radical (unpaired) electrons. The summed E-state index contributed by atoms with van der Waals surface area (Å²) in [5.41, 5.74) is 0.657. The number of rotatable bonds is 4. The lowest BCUT2D eigenvalue weighted by molar-refractivity contribution is -0.136. The summed E-state index contributed by atoms with van der Waals surface area (Å²) in [6.45, 7) is 6.46. The Kier molecular flexibility index (Phi) is 6.29. The minimum Gasteiger partial charge on any atom is -0.488 e. The van der Waals surface area contributed by atoms with Gasteiger partial charge in [-0.25, -0.2) is 4.79 Å². The lowest BCUT2D eigenvalue weighted by atomic mass is 10.0. The molecule has 0 aliphatic carbocycles. The van der Waals surface area contributed by atoms with Gasteiger partial charge >= 0.3 is 6.09 Å². The third kappa shape index (κ3) is 5.27. The first-order valence-corrected chi connectivity index (χ1v) is 11.1. The second-order valence-corrected chi connectivity index (χ2v) is 9.49. The first kappa shape index (κ1) is 23.0. The van der Waals surface area contributed by atoms with Crippen LogP contribution >= 0.6 is 0 Å². The van der Waals surface area contributed by atoms with Gasteiger partial charge in [0.2, 0.25) is 11.8 Å². The number of piperidine rings is 1. The number of benzene rings is 1. The molecule has 10 nitrogen and oxygen atoms in total. The Bertz CT molecular complexity index is 971. The van der Waals surface area contributed by atoms with E-state index >= 15 is 0 Å². The Hall–Kier alpha value is -3.14. The van der Waals surface area contributed by atoms with Gasteiger partial charge in [0.1, 0.15) is 23.5 Å². The van der Waals surface area contributed by atoms with E-state index < -0.39 is 23.6 Å². The molecule has 2 saturated heterocycles. The van der Waals surface area contributed by atoms with Crippen molar-refractivity contribution < 1.29 is 33.4 Å². The number of carbonyl (C=O) groups is 4. The van der Waals surface area contributed by atoms with Crippen molar-refractivity contribution in [3.05, 3.63) is 29.3 Å². The number of carbonyl (C=O) groups excluding carboxylic acids is 4. The van der Waals surface area contributed by atoms with E-state index in [4.69, 9.17) is 14.2 Å². The van der Waals surface area contributed by atoms with Crippen molar-refractivity contribution in [3.63, 3.8) is 0 Å². The summed E-state index contributed by atoms with van der Waals surface area (Å²) in [5.74, 6) is -0.430. The van der Waals surface area contributed by atoms with Crippen molar-refractivity contribution in [2.45, 2.75) is 70.4 Å². The molecule has 2 fully saturated rings. The van der Waals surface area contributed by atoms with Crippen molar-refractivity contribution in [1.29, 1.82) is 0 Å². The summed E-state index contributed by atoms with van der Waals surface area (Å²) in [5, 5.41) is 5.12. The number of nitrogens with zero attached hydrogens (tertiary/aromatic N) is 1. The van der Waals surface area contributed by atoms with Crippen LogP contribution in [0.1, 0.15) is 56.0 Å². The third-order valence-electron chi connectivity index (χ3n) is 5.78. The zero-order chi connectivity index (χ0) is 23.8. The molecule has 3 atom stereocenters. The van der Waals surface area contributed by atoms with Crippen molar-refractivity contribution in [3.8, 4) is 5.75 Å². The minimum absolute atomic E-state index is 0.209. The molecular weight excluding hydrogens is 430 g/mol. The van der Waals surface area contributed by atoms with Crippen LogP contribution in [0.2, 0.25) is 0 Å². The smallest absolute Gasteiger partial charge is 0.408 e. The van der Waals surface area contributed by atoms with Crippen LogP contribution in [0.25, 0.3) is 0 Å². The molecule has 3 heterocycles. The van der Waals surface area contributed by atoms with Gasteiger partial charge in [-0.3, -0.25) is 19.7 Å².